The van der Waals surface area contributed by atoms with Gasteiger partial charge in [-0.05, 0) is 48.9 Å². The summed E-state index contributed by atoms with van der Waals surface area (Å²) < 4.78 is 12.7. The van der Waals surface area contributed by atoms with Crippen LogP contribution < -0.4 is 5.32 Å². The average molecular weight is 496 g/mol. The molecule has 0 radical (unpaired) electrons. The summed E-state index contributed by atoms with van der Waals surface area (Å²) >= 11 is 0. The molecule has 0 saturated heterocycles. The molecule has 1 atom stereocenters. The van der Waals surface area contributed by atoms with Gasteiger partial charge in [0, 0.05) is 12.6 Å². The van der Waals surface area contributed by atoms with Gasteiger partial charge < -0.3 is 9.47 Å². The third kappa shape index (κ3) is 4.98. The van der Waals surface area contributed by atoms with E-state index in [1.807, 2.05) is 99.8 Å². The van der Waals surface area contributed by atoms with Gasteiger partial charge in [0.25, 0.3) is 6.47 Å². The summed E-state index contributed by atoms with van der Waals surface area (Å²) in [5.74, 6) is 0. The normalized spacial score (nSPS) is 14.5. The zero-order chi connectivity index (χ0) is 26.0. The Kier molecular flexibility index (Phi) is 6.53. The Hall–Kier alpha value is -4.39. The fourth-order valence-electron chi connectivity index (χ4n) is 4.69. The monoisotopic (exact) mass is 495 g/mol. The van der Waals surface area contributed by atoms with Crippen molar-refractivity contribution in [3.8, 4) is 22.4 Å². The molecule has 1 amide bonds. The zero-order valence-electron chi connectivity index (χ0n) is 21.1. The first-order valence-corrected chi connectivity index (χ1v) is 12.3. The number of aryl methyl sites for hydroxylation is 2. The quantitative estimate of drug-likeness (QED) is 0.281. The Labute approximate surface area is 216 Å². The smallest absolute Gasteiger partial charge is 0.412 e. The largest absolute Gasteiger partial charge is 0.456 e. The lowest BCUT2D eigenvalue weighted by atomic mass is 9.99. The van der Waals surface area contributed by atoms with Crippen molar-refractivity contribution in [2.45, 2.75) is 38.4 Å². The van der Waals surface area contributed by atoms with Crippen LogP contribution in [0.2, 0.25) is 0 Å². The van der Waals surface area contributed by atoms with Crippen molar-refractivity contribution < 1.29 is 19.1 Å². The molecule has 1 heterocycles. The molecule has 5 rings (SSSR count). The van der Waals surface area contributed by atoms with Crippen molar-refractivity contribution in [1.82, 2.24) is 9.78 Å². The maximum absolute atomic E-state index is 12.7. The molecule has 0 bridgehead atoms. The summed E-state index contributed by atoms with van der Waals surface area (Å²) in [6, 6.07) is 25.9. The first-order valence-electron chi connectivity index (χ1n) is 12.3. The standard InChI is InChI=1S/C30H29N3O4/c1-20-27(31-29(35)37-21(2)22-7-5-4-6-8-22)28(33(3)32-20)25-11-9-23(10-12-25)24-13-15-26(16-14-24)30(17-18-30)36-19-34/h4-16,19,21H,17-18H2,1-3H3,(H,31,35). The predicted molar refractivity (Wildman–Crippen MR) is 142 cm³/mol. The second-order valence-corrected chi connectivity index (χ2v) is 9.38. The van der Waals surface area contributed by atoms with Crippen LogP contribution in [-0.2, 0) is 26.9 Å². The fourth-order valence-corrected chi connectivity index (χ4v) is 4.69. The van der Waals surface area contributed by atoms with Gasteiger partial charge in [0.05, 0.1) is 17.1 Å². The maximum atomic E-state index is 12.7. The lowest BCUT2D eigenvalue weighted by molar-refractivity contribution is -0.136. The molecule has 0 aliphatic heterocycles. The van der Waals surface area contributed by atoms with E-state index in [9.17, 15) is 9.59 Å². The third-order valence-electron chi connectivity index (χ3n) is 6.88. The molecule has 37 heavy (non-hydrogen) atoms. The van der Waals surface area contributed by atoms with E-state index in [-0.39, 0.29) is 6.10 Å². The number of carbonyl (C=O) groups is 2. The molecule has 0 spiro atoms. The Bertz CT molecular complexity index is 1410. The molecule has 7 nitrogen and oxygen atoms in total. The summed E-state index contributed by atoms with van der Waals surface area (Å²) in [6.07, 6.45) is 0.808. The summed E-state index contributed by atoms with van der Waals surface area (Å²) in [6.45, 7) is 4.24. The van der Waals surface area contributed by atoms with E-state index in [1.165, 1.54) is 0 Å². The van der Waals surface area contributed by atoms with Gasteiger partial charge in [-0.2, -0.15) is 5.10 Å². The molecule has 4 aromatic rings. The van der Waals surface area contributed by atoms with E-state index in [2.05, 4.69) is 10.4 Å². The average Bonchev–Trinajstić information content (AvgIpc) is 3.64. The van der Waals surface area contributed by atoms with Crippen LogP contribution in [0.3, 0.4) is 0 Å². The van der Waals surface area contributed by atoms with Crippen molar-refractivity contribution in [3.63, 3.8) is 0 Å². The number of benzene rings is 3. The van der Waals surface area contributed by atoms with E-state index >= 15 is 0 Å². The SMILES string of the molecule is Cc1nn(C)c(-c2ccc(-c3ccc(C4(OC=O)CC4)cc3)cc2)c1NC(=O)OC(C)c1ccccc1. The first-order chi connectivity index (χ1) is 17.9. The molecule has 3 aromatic carbocycles. The summed E-state index contributed by atoms with van der Waals surface area (Å²) in [7, 11) is 1.85. The van der Waals surface area contributed by atoms with Crippen LogP contribution in [0, 0.1) is 6.92 Å². The van der Waals surface area contributed by atoms with Gasteiger partial charge in [0.1, 0.15) is 11.7 Å². The van der Waals surface area contributed by atoms with Gasteiger partial charge in [0.15, 0.2) is 0 Å². The highest BCUT2D eigenvalue weighted by Gasteiger charge is 2.46. The third-order valence-corrected chi connectivity index (χ3v) is 6.88. The molecular formula is C30H29N3O4. The highest BCUT2D eigenvalue weighted by molar-refractivity contribution is 5.92. The number of aromatic nitrogens is 2. The van der Waals surface area contributed by atoms with Gasteiger partial charge in [0.2, 0.25) is 0 Å². The van der Waals surface area contributed by atoms with Gasteiger partial charge in [-0.1, -0.05) is 78.9 Å². The molecule has 188 valence electrons. The van der Waals surface area contributed by atoms with Crippen molar-refractivity contribution in [1.29, 1.82) is 0 Å². The second-order valence-electron chi connectivity index (χ2n) is 9.38. The first kappa shape index (κ1) is 24.3. The van der Waals surface area contributed by atoms with E-state index in [0.717, 1.165) is 46.4 Å². The van der Waals surface area contributed by atoms with Crippen molar-refractivity contribution in [2.24, 2.45) is 7.05 Å². The minimum Gasteiger partial charge on any atom is -0.456 e. The molecular weight excluding hydrogens is 466 g/mol. The van der Waals surface area contributed by atoms with Crippen molar-refractivity contribution in [2.75, 3.05) is 5.32 Å². The van der Waals surface area contributed by atoms with Gasteiger partial charge in [-0.25, -0.2) is 4.79 Å². The minimum absolute atomic E-state index is 0.382. The van der Waals surface area contributed by atoms with Crippen LogP contribution in [0.15, 0.2) is 78.9 Å². The number of hydrogen-bond donors (Lipinski definition) is 1. The van der Waals surface area contributed by atoms with Crippen LogP contribution in [-0.4, -0.2) is 22.3 Å². The van der Waals surface area contributed by atoms with Crippen molar-refractivity contribution >= 4 is 18.3 Å². The topological polar surface area (TPSA) is 82.5 Å². The Balaban J connectivity index is 1.33. The summed E-state index contributed by atoms with van der Waals surface area (Å²) in [5.41, 5.74) is 6.67. The fraction of sp³-hybridized carbons (Fsp3) is 0.233. The molecule has 1 N–H and O–H groups in total. The maximum Gasteiger partial charge on any atom is 0.412 e. The van der Waals surface area contributed by atoms with Crippen LogP contribution in [0.25, 0.3) is 22.4 Å². The van der Waals surface area contributed by atoms with E-state index < -0.39 is 11.7 Å². The summed E-state index contributed by atoms with van der Waals surface area (Å²) in [4.78, 5) is 23.6. The van der Waals surface area contributed by atoms with E-state index in [4.69, 9.17) is 9.47 Å². The van der Waals surface area contributed by atoms with Gasteiger partial charge >= 0.3 is 6.09 Å². The van der Waals surface area contributed by atoms with Crippen LogP contribution in [0.1, 0.15) is 42.7 Å². The Morgan fingerprint density at radius 3 is 2.16 bits per heavy atom. The molecule has 1 aromatic heterocycles. The highest BCUT2D eigenvalue weighted by Crippen LogP contribution is 2.49. The van der Waals surface area contributed by atoms with Crippen LogP contribution in [0.4, 0.5) is 10.5 Å². The number of hydrogen-bond acceptors (Lipinski definition) is 5. The lowest BCUT2D eigenvalue weighted by Crippen LogP contribution is -2.16. The number of amides is 1. The number of anilines is 1. The molecule has 1 saturated carbocycles. The number of nitrogens with one attached hydrogen (secondary N) is 1. The second kappa shape index (κ2) is 9.93. The van der Waals surface area contributed by atoms with Crippen LogP contribution in [0.5, 0.6) is 0 Å². The molecule has 1 aliphatic rings. The number of nitrogens with zero attached hydrogens (tertiary/aromatic N) is 2. The van der Waals surface area contributed by atoms with Gasteiger partial charge in [-0.15, -0.1) is 0 Å². The van der Waals surface area contributed by atoms with Crippen LogP contribution >= 0.6 is 0 Å². The Morgan fingerprint density at radius 1 is 0.973 bits per heavy atom. The Morgan fingerprint density at radius 2 is 1.57 bits per heavy atom. The number of carbonyl (C=O) groups excluding carboxylic acids is 2. The van der Waals surface area contributed by atoms with E-state index in [0.29, 0.717) is 17.9 Å². The molecule has 1 aliphatic carbocycles. The summed E-state index contributed by atoms with van der Waals surface area (Å²) in [5, 5.41) is 7.42. The van der Waals surface area contributed by atoms with E-state index in [1.54, 1.807) is 4.68 Å². The lowest BCUT2D eigenvalue weighted by Gasteiger charge is -2.15. The predicted octanol–water partition coefficient (Wildman–Crippen LogP) is 6.53. The minimum atomic E-state index is -0.530. The number of rotatable bonds is 8. The molecule has 1 fully saturated rings. The molecule has 7 heteroatoms. The number of ether oxygens (including phenoxy) is 2. The highest BCUT2D eigenvalue weighted by atomic mass is 16.6. The van der Waals surface area contributed by atoms with Crippen molar-refractivity contribution in [3.05, 3.63) is 95.7 Å². The molecule has 1 unspecified atom stereocenters. The van der Waals surface area contributed by atoms with Gasteiger partial charge in [-0.3, -0.25) is 14.8 Å². The zero-order valence-corrected chi connectivity index (χ0v) is 21.1.